The molecule has 0 saturated heterocycles. The second-order valence-corrected chi connectivity index (χ2v) is 9.23. The molecule has 0 spiro atoms. The van der Waals surface area contributed by atoms with Crippen molar-refractivity contribution in [2.75, 3.05) is 13.1 Å². The van der Waals surface area contributed by atoms with Gasteiger partial charge in [0.25, 0.3) is 0 Å². The number of nitrogens with one attached hydrogen (secondary N) is 2. The van der Waals surface area contributed by atoms with Crippen LogP contribution >= 0.6 is 0 Å². The highest BCUT2D eigenvalue weighted by atomic mass is 14.9. The molecule has 1 aliphatic carbocycles. The monoisotopic (exact) mass is 352 g/mol. The van der Waals surface area contributed by atoms with Gasteiger partial charge in [-0.25, -0.2) is 0 Å². The van der Waals surface area contributed by atoms with Gasteiger partial charge in [-0.15, -0.1) is 0 Å². The Morgan fingerprint density at radius 2 is 1.73 bits per heavy atom. The lowest BCUT2D eigenvalue weighted by atomic mass is 9.83. The molecular weight excluding hydrogens is 316 g/mol. The molecule has 1 aromatic carbocycles. The molecule has 26 heavy (non-hydrogen) atoms. The SMILES string of the molecule is CC(C)(C)c1cccc2c1CNC2.CC(C)C1=CC2=C(CCNC2)CC1. The van der Waals surface area contributed by atoms with E-state index in [1.807, 2.05) is 0 Å². The Balaban J connectivity index is 0.000000151. The van der Waals surface area contributed by atoms with Crippen LogP contribution in [0.2, 0.25) is 0 Å². The van der Waals surface area contributed by atoms with Gasteiger partial charge in [0.1, 0.15) is 0 Å². The summed E-state index contributed by atoms with van der Waals surface area (Å²) in [4.78, 5) is 0. The van der Waals surface area contributed by atoms with Gasteiger partial charge in [-0.05, 0) is 59.4 Å². The van der Waals surface area contributed by atoms with Crippen molar-refractivity contribution >= 4 is 0 Å². The smallest absolute Gasteiger partial charge is 0.0214 e. The molecule has 0 saturated carbocycles. The van der Waals surface area contributed by atoms with Crippen molar-refractivity contribution < 1.29 is 0 Å². The molecule has 2 aliphatic heterocycles. The van der Waals surface area contributed by atoms with E-state index >= 15 is 0 Å². The lowest BCUT2D eigenvalue weighted by Crippen LogP contribution is -2.26. The van der Waals surface area contributed by atoms with Gasteiger partial charge in [-0.1, -0.05) is 70.0 Å². The third kappa shape index (κ3) is 4.47. The minimum Gasteiger partial charge on any atom is -0.312 e. The quantitative estimate of drug-likeness (QED) is 0.722. The maximum atomic E-state index is 3.44. The first-order chi connectivity index (χ1) is 12.4. The second kappa shape index (κ2) is 8.10. The molecule has 0 fully saturated rings. The molecule has 0 aromatic heterocycles. The zero-order valence-corrected chi connectivity index (χ0v) is 17.3. The van der Waals surface area contributed by atoms with Gasteiger partial charge in [-0.3, -0.25) is 0 Å². The zero-order valence-electron chi connectivity index (χ0n) is 17.3. The number of allylic oxidation sites excluding steroid dienone is 1. The van der Waals surface area contributed by atoms with Gasteiger partial charge >= 0.3 is 0 Å². The van der Waals surface area contributed by atoms with Gasteiger partial charge in [0.15, 0.2) is 0 Å². The molecule has 0 bridgehead atoms. The standard InChI is InChI=1S/C12H17N.C12H19N/c1-12(2,3)11-6-4-5-9-7-13-8-10(9)11;1-9(2)11-4-3-10-5-6-13-8-12(10)7-11/h4-6,13H,7-8H2,1-3H3;7,9,13H,3-6,8H2,1-2H3. The summed E-state index contributed by atoms with van der Waals surface area (Å²) in [5, 5.41) is 6.84. The van der Waals surface area contributed by atoms with Crippen LogP contribution in [0.15, 0.2) is 41.0 Å². The highest BCUT2D eigenvalue weighted by Crippen LogP contribution is 2.31. The average Bonchev–Trinajstić information content (AvgIpc) is 3.09. The topological polar surface area (TPSA) is 24.1 Å². The summed E-state index contributed by atoms with van der Waals surface area (Å²) in [5.41, 5.74) is 9.71. The molecule has 2 N–H and O–H groups in total. The number of benzene rings is 1. The summed E-state index contributed by atoms with van der Waals surface area (Å²) in [5.74, 6) is 0.732. The summed E-state index contributed by atoms with van der Waals surface area (Å²) in [6.07, 6.45) is 6.34. The lowest BCUT2D eigenvalue weighted by molar-refractivity contribution is 0.582. The first-order valence-corrected chi connectivity index (χ1v) is 10.3. The third-order valence-corrected chi connectivity index (χ3v) is 5.89. The van der Waals surface area contributed by atoms with E-state index in [1.165, 1.54) is 42.5 Å². The van der Waals surface area contributed by atoms with E-state index < -0.39 is 0 Å². The fourth-order valence-corrected chi connectivity index (χ4v) is 4.27. The third-order valence-electron chi connectivity index (χ3n) is 5.89. The minimum atomic E-state index is 0.275. The molecule has 2 heterocycles. The highest BCUT2D eigenvalue weighted by Gasteiger charge is 2.21. The molecule has 0 amide bonds. The van der Waals surface area contributed by atoms with Crippen LogP contribution in [0.5, 0.6) is 0 Å². The number of fused-ring (bicyclic) bond motifs is 1. The van der Waals surface area contributed by atoms with E-state index in [0.717, 1.165) is 25.6 Å². The minimum absolute atomic E-state index is 0.275. The van der Waals surface area contributed by atoms with E-state index in [-0.39, 0.29) is 5.41 Å². The molecule has 3 aliphatic rings. The second-order valence-electron chi connectivity index (χ2n) is 9.23. The van der Waals surface area contributed by atoms with Crippen LogP contribution < -0.4 is 10.6 Å². The van der Waals surface area contributed by atoms with Crippen molar-refractivity contribution in [1.82, 2.24) is 10.6 Å². The lowest BCUT2D eigenvalue weighted by Gasteiger charge is -2.26. The summed E-state index contributed by atoms with van der Waals surface area (Å²) in [7, 11) is 0. The predicted molar refractivity (Wildman–Crippen MR) is 112 cm³/mol. The van der Waals surface area contributed by atoms with Gasteiger partial charge in [-0.2, -0.15) is 0 Å². The van der Waals surface area contributed by atoms with Gasteiger partial charge in [0.2, 0.25) is 0 Å². The first-order valence-electron chi connectivity index (χ1n) is 10.3. The predicted octanol–water partition coefficient (Wildman–Crippen LogP) is 5.24. The van der Waals surface area contributed by atoms with Gasteiger partial charge in [0, 0.05) is 19.6 Å². The van der Waals surface area contributed by atoms with Crippen LogP contribution in [-0.2, 0) is 18.5 Å². The van der Waals surface area contributed by atoms with E-state index in [0.29, 0.717) is 0 Å². The maximum absolute atomic E-state index is 3.44. The summed E-state index contributed by atoms with van der Waals surface area (Å²) in [6, 6.07) is 6.66. The Morgan fingerprint density at radius 1 is 0.923 bits per heavy atom. The number of hydrogen-bond donors (Lipinski definition) is 2. The van der Waals surface area contributed by atoms with Crippen LogP contribution in [0.4, 0.5) is 0 Å². The highest BCUT2D eigenvalue weighted by molar-refractivity contribution is 5.41. The molecule has 0 radical (unpaired) electrons. The Labute approximate surface area is 160 Å². The van der Waals surface area contributed by atoms with Crippen LogP contribution in [0.3, 0.4) is 0 Å². The van der Waals surface area contributed by atoms with E-state index in [4.69, 9.17) is 0 Å². The summed E-state index contributed by atoms with van der Waals surface area (Å²) < 4.78 is 0. The first kappa shape index (κ1) is 19.4. The Morgan fingerprint density at radius 3 is 2.46 bits per heavy atom. The Hall–Kier alpha value is -1.38. The van der Waals surface area contributed by atoms with E-state index in [9.17, 15) is 0 Å². The number of rotatable bonds is 1. The van der Waals surface area contributed by atoms with Crippen molar-refractivity contribution in [3.8, 4) is 0 Å². The molecule has 142 valence electrons. The fraction of sp³-hybridized carbons (Fsp3) is 0.583. The summed E-state index contributed by atoms with van der Waals surface area (Å²) in [6.45, 7) is 15.8. The zero-order chi connectivity index (χ0) is 18.7. The molecule has 2 heteroatoms. The van der Waals surface area contributed by atoms with Crippen LogP contribution in [0, 0.1) is 5.92 Å². The largest absolute Gasteiger partial charge is 0.312 e. The van der Waals surface area contributed by atoms with Crippen molar-refractivity contribution in [2.24, 2.45) is 5.92 Å². The molecule has 4 rings (SSSR count). The van der Waals surface area contributed by atoms with Gasteiger partial charge in [0.05, 0.1) is 0 Å². The summed E-state index contributed by atoms with van der Waals surface area (Å²) >= 11 is 0. The van der Waals surface area contributed by atoms with Crippen LogP contribution in [-0.4, -0.2) is 13.1 Å². The van der Waals surface area contributed by atoms with E-state index in [1.54, 1.807) is 16.7 Å². The molecule has 1 aromatic rings. The molecular formula is C24H36N2. The van der Waals surface area contributed by atoms with Crippen molar-refractivity contribution in [3.05, 3.63) is 57.7 Å². The van der Waals surface area contributed by atoms with Crippen LogP contribution in [0.1, 0.15) is 70.6 Å². The van der Waals surface area contributed by atoms with Crippen molar-refractivity contribution in [1.29, 1.82) is 0 Å². The van der Waals surface area contributed by atoms with E-state index in [2.05, 4.69) is 69.5 Å². The van der Waals surface area contributed by atoms with Crippen molar-refractivity contribution in [3.63, 3.8) is 0 Å². The average molecular weight is 353 g/mol. The van der Waals surface area contributed by atoms with Crippen LogP contribution in [0.25, 0.3) is 0 Å². The number of hydrogen-bond acceptors (Lipinski definition) is 2. The Kier molecular flexibility index (Phi) is 6.04. The van der Waals surface area contributed by atoms with Crippen molar-refractivity contribution in [2.45, 2.75) is 72.4 Å². The Bertz CT molecular complexity index is 701. The van der Waals surface area contributed by atoms with Gasteiger partial charge < -0.3 is 10.6 Å². The normalized spacial score (nSPS) is 19.5. The molecule has 0 unspecified atom stereocenters. The fourth-order valence-electron chi connectivity index (χ4n) is 4.27. The molecule has 2 nitrogen and oxygen atoms in total. The molecule has 0 atom stereocenters. The maximum Gasteiger partial charge on any atom is 0.0214 e.